The summed E-state index contributed by atoms with van der Waals surface area (Å²) in [6.07, 6.45) is 4.84. The Labute approximate surface area is 65.2 Å². The van der Waals surface area contributed by atoms with Gasteiger partial charge in [-0.15, -0.1) is 6.58 Å². The van der Waals surface area contributed by atoms with E-state index in [1.54, 1.807) is 18.5 Å². The molecule has 0 unspecified atom stereocenters. The van der Waals surface area contributed by atoms with Crippen molar-refractivity contribution in [2.24, 2.45) is 0 Å². The maximum atomic E-state index is 5.38. The van der Waals surface area contributed by atoms with Crippen molar-refractivity contribution in [3.63, 3.8) is 0 Å². The van der Waals surface area contributed by atoms with Gasteiger partial charge in [-0.2, -0.15) is 0 Å². The second-order valence-corrected chi connectivity index (χ2v) is 2.01. The van der Waals surface area contributed by atoms with Gasteiger partial charge in [0.15, 0.2) is 0 Å². The molecule has 1 aromatic rings. The topological polar surface area (TPSA) is 63.8 Å². The third kappa shape index (κ3) is 2.25. The zero-order chi connectivity index (χ0) is 8.10. The van der Waals surface area contributed by atoms with Crippen molar-refractivity contribution in [1.82, 2.24) is 9.97 Å². The summed E-state index contributed by atoms with van der Waals surface area (Å²) in [7, 11) is 0. The Morgan fingerprint density at radius 2 is 2.18 bits per heavy atom. The average Bonchev–Trinajstić information content (AvgIpc) is 2.04. The van der Waals surface area contributed by atoms with Gasteiger partial charge in [0.05, 0.1) is 18.1 Å². The molecule has 0 saturated carbocycles. The third-order valence-corrected chi connectivity index (χ3v) is 1.08. The van der Waals surface area contributed by atoms with Gasteiger partial charge < -0.3 is 11.1 Å². The summed E-state index contributed by atoms with van der Waals surface area (Å²) in [5.41, 5.74) is 5.95. The van der Waals surface area contributed by atoms with E-state index in [0.29, 0.717) is 18.2 Å². The lowest BCUT2D eigenvalue weighted by atomic mass is 10.5. The highest BCUT2D eigenvalue weighted by atomic mass is 15.1. The van der Waals surface area contributed by atoms with Crippen LogP contribution in [0.25, 0.3) is 0 Å². The zero-order valence-electron chi connectivity index (χ0n) is 6.12. The maximum Gasteiger partial charge on any atom is 0.222 e. The normalized spacial score (nSPS) is 9.09. The van der Waals surface area contributed by atoms with Crippen LogP contribution in [-0.2, 0) is 0 Å². The van der Waals surface area contributed by atoms with Gasteiger partial charge in [0.1, 0.15) is 0 Å². The van der Waals surface area contributed by atoms with Gasteiger partial charge >= 0.3 is 0 Å². The largest absolute Gasteiger partial charge is 0.396 e. The van der Waals surface area contributed by atoms with Crippen LogP contribution in [0, 0.1) is 0 Å². The minimum absolute atomic E-state index is 0.564. The fourth-order valence-corrected chi connectivity index (χ4v) is 0.593. The highest BCUT2D eigenvalue weighted by Gasteiger charge is 1.90. The van der Waals surface area contributed by atoms with E-state index in [2.05, 4.69) is 21.9 Å². The molecule has 0 aliphatic heterocycles. The van der Waals surface area contributed by atoms with Gasteiger partial charge in [-0.3, -0.25) is 0 Å². The summed E-state index contributed by atoms with van der Waals surface area (Å²) < 4.78 is 0. The predicted molar refractivity (Wildman–Crippen MR) is 45.1 cm³/mol. The number of nitrogens with two attached hydrogens (primary N) is 1. The minimum Gasteiger partial charge on any atom is -0.396 e. The number of aromatic nitrogens is 2. The van der Waals surface area contributed by atoms with E-state index < -0.39 is 0 Å². The number of nitrogens with zero attached hydrogens (tertiary/aromatic N) is 2. The second kappa shape index (κ2) is 3.55. The van der Waals surface area contributed by atoms with Crippen LogP contribution < -0.4 is 11.1 Å². The summed E-state index contributed by atoms with van der Waals surface area (Å²) in [5, 5.41) is 2.93. The van der Waals surface area contributed by atoms with Crippen molar-refractivity contribution >= 4 is 11.6 Å². The third-order valence-electron chi connectivity index (χ3n) is 1.08. The number of rotatable bonds is 3. The van der Waals surface area contributed by atoms with Crippen LogP contribution in [0.3, 0.4) is 0 Å². The number of nitrogens with one attached hydrogen (secondary N) is 1. The Bertz CT molecular complexity index is 229. The van der Waals surface area contributed by atoms with Gasteiger partial charge in [-0.05, 0) is 0 Å². The van der Waals surface area contributed by atoms with Gasteiger partial charge in [0, 0.05) is 6.54 Å². The molecule has 0 atom stereocenters. The van der Waals surface area contributed by atoms with Crippen molar-refractivity contribution in [2.75, 3.05) is 17.6 Å². The first-order valence-corrected chi connectivity index (χ1v) is 3.25. The van der Waals surface area contributed by atoms with Crippen LogP contribution in [0.1, 0.15) is 0 Å². The summed E-state index contributed by atoms with van der Waals surface area (Å²) in [5.74, 6) is 0.569. The molecule has 1 aromatic heterocycles. The Kier molecular flexibility index (Phi) is 2.43. The second-order valence-electron chi connectivity index (χ2n) is 2.01. The Morgan fingerprint density at radius 3 is 2.73 bits per heavy atom. The fourth-order valence-electron chi connectivity index (χ4n) is 0.593. The maximum absolute atomic E-state index is 5.38. The SMILES string of the molecule is C=CCNc1ncc(N)cn1. The van der Waals surface area contributed by atoms with Gasteiger partial charge in [0.25, 0.3) is 0 Å². The summed E-state index contributed by atoms with van der Waals surface area (Å²) in [6.45, 7) is 4.21. The monoisotopic (exact) mass is 150 g/mol. The van der Waals surface area contributed by atoms with Crippen LogP contribution in [0.15, 0.2) is 25.0 Å². The molecule has 0 bridgehead atoms. The first kappa shape index (κ1) is 7.53. The van der Waals surface area contributed by atoms with E-state index in [-0.39, 0.29) is 0 Å². The van der Waals surface area contributed by atoms with Crippen molar-refractivity contribution < 1.29 is 0 Å². The van der Waals surface area contributed by atoms with Crippen molar-refractivity contribution in [3.05, 3.63) is 25.0 Å². The first-order chi connectivity index (χ1) is 5.33. The molecule has 1 rings (SSSR count). The first-order valence-electron chi connectivity index (χ1n) is 3.25. The zero-order valence-corrected chi connectivity index (χ0v) is 6.12. The molecule has 0 radical (unpaired) electrons. The van der Waals surface area contributed by atoms with Crippen molar-refractivity contribution in [1.29, 1.82) is 0 Å². The number of anilines is 2. The quantitative estimate of drug-likeness (QED) is 0.621. The predicted octanol–water partition coefficient (Wildman–Crippen LogP) is 0.657. The smallest absolute Gasteiger partial charge is 0.222 e. The molecular formula is C7H10N4. The molecule has 0 aliphatic carbocycles. The van der Waals surface area contributed by atoms with E-state index in [9.17, 15) is 0 Å². The Balaban J connectivity index is 2.58. The van der Waals surface area contributed by atoms with Crippen LogP contribution in [0.2, 0.25) is 0 Å². The Hall–Kier alpha value is -1.58. The molecule has 4 nitrogen and oxygen atoms in total. The highest BCUT2D eigenvalue weighted by molar-refractivity contribution is 5.35. The van der Waals surface area contributed by atoms with Crippen LogP contribution in [0.4, 0.5) is 11.6 Å². The van der Waals surface area contributed by atoms with Crippen LogP contribution in [0.5, 0.6) is 0 Å². The molecule has 58 valence electrons. The molecule has 0 aromatic carbocycles. The van der Waals surface area contributed by atoms with Gasteiger partial charge in [0.2, 0.25) is 5.95 Å². The van der Waals surface area contributed by atoms with Crippen molar-refractivity contribution in [3.8, 4) is 0 Å². The van der Waals surface area contributed by atoms with Gasteiger partial charge in [-0.25, -0.2) is 9.97 Å². The van der Waals surface area contributed by atoms with Crippen LogP contribution in [-0.4, -0.2) is 16.5 Å². The molecule has 1 heterocycles. The average molecular weight is 150 g/mol. The summed E-state index contributed by atoms with van der Waals surface area (Å²) in [4.78, 5) is 7.84. The lowest BCUT2D eigenvalue weighted by Gasteiger charge is -1.99. The Morgan fingerprint density at radius 1 is 1.55 bits per heavy atom. The highest BCUT2D eigenvalue weighted by Crippen LogP contribution is 1.99. The van der Waals surface area contributed by atoms with E-state index in [1.165, 1.54) is 0 Å². The summed E-state index contributed by atoms with van der Waals surface area (Å²) in [6, 6.07) is 0. The number of nitrogen functional groups attached to an aromatic ring is 1. The van der Waals surface area contributed by atoms with Gasteiger partial charge in [-0.1, -0.05) is 6.08 Å². The molecule has 0 amide bonds. The molecule has 4 heteroatoms. The van der Waals surface area contributed by atoms with E-state index in [0.717, 1.165) is 0 Å². The molecule has 0 spiro atoms. The molecular weight excluding hydrogens is 140 g/mol. The van der Waals surface area contributed by atoms with E-state index in [1.807, 2.05) is 0 Å². The van der Waals surface area contributed by atoms with Crippen molar-refractivity contribution in [2.45, 2.75) is 0 Å². The van der Waals surface area contributed by atoms with Crippen LogP contribution >= 0.6 is 0 Å². The molecule has 0 saturated heterocycles. The minimum atomic E-state index is 0.564. The molecule has 0 fully saturated rings. The summed E-state index contributed by atoms with van der Waals surface area (Å²) >= 11 is 0. The molecule has 0 aliphatic rings. The van der Waals surface area contributed by atoms with E-state index in [4.69, 9.17) is 5.73 Å². The molecule has 3 N–H and O–H groups in total. The lowest BCUT2D eigenvalue weighted by Crippen LogP contribution is -2.02. The lowest BCUT2D eigenvalue weighted by molar-refractivity contribution is 1.12. The number of hydrogen-bond donors (Lipinski definition) is 2. The number of hydrogen-bond acceptors (Lipinski definition) is 4. The molecule has 11 heavy (non-hydrogen) atoms. The fraction of sp³-hybridized carbons (Fsp3) is 0.143. The van der Waals surface area contributed by atoms with E-state index >= 15 is 0 Å². The standard InChI is InChI=1S/C7H10N4/c1-2-3-9-7-10-4-6(8)5-11-7/h2,4-5H,1,3,8H2,(H,9,10,11).